The highest BCUT2D eigenvalue weighted by Crippen LogP contribution is 2.34. The van der Waals surface area contributed by atoms with E-state index in [-0.39, 0.29) is 16.1 Å². The molecule has 21 heteroatoms. The van der Waals surface area contributed by atoms with Gasteiger partial charge in [-0.15, -0.1) is 0 Å². The van der Waals surface area contributed by atoms with Gasteiger partial charge in [-0.25, -0.2) is 29.9 Å². The number of hydrogen-bond donors (Lipinski definition) is 9. The lowest BCUT2D eigenvalue weighted by atomic mass is 10.1. The van der Waals surface area contributed by atoms with E-state index in [4.69, 9.17) is 18.9 Å². The molecule has 0 bridgehead atoms. The molecule has 0 spiro atoms. The van der Waals surface area contributed by atoms with Crippen LogP contribution >= 0.6 is 0 Å². The Balaban J connectivity index is 0.000000246. The van der Waals surface area contributed by atoms with Crippen molar-refractivity contribution in [2.24, 2.45) is 0 Å². The van der Waals surface area contributed by atoms with Gasteiger partial charge in [0.2, 0.25) is 0 Å². The van der Waals surface area contributed by atoms with Crippen molar-refractivity contribution in [2.45, 2.75) is 101 Å². The molecule has 0 unspecified atom stereocenters. The number of aliphatic hydroxyl groups excluding tert-OH is 4. The molecule has 21 nitrogen and oxygen atoms in total. The normalized spacial score (nSPS) is 27.3. The zero-order chi connectivity index (χ0) is 39.2. The van der Waals surface area contributed by atoms with Gasteiger partial charge in [0.1, 0.15) is 48.3 Å². The van der Waals surface area contributed by atoms with Crippen molar-refractivity contribution in [3.8, 4) is 0 Å². The first-order chi connectivity index (χ1) is 26.6. The number of nitrogens with zero attached hydrogens (tertiary/aromatic N) is 8. The monoisotopic (exact) mass is 777 g/mol. The van der Waals surface area contributed by atoms with E-state index < -0.39 is 49.1 Å². The molecule has 0 saturated carbocycles. The van der Waals surface area contributed by atoms with Crippen LogP contribution in [0.15, 0.2) is 12.7 Å². The summed E-state index contributed by atoms with van der Waals surface area (Å²) in [4.78, 5) is 27.0. The van der Waals surface area contributed by atoms with Gasteiger partial charge in [0, 0.05) is 43.3 Å². The summed E-state index contributed by atoms with van der Waals surface area (Å²) >= 11 is 0. The Morgan fingerprint density at radius 2 is 1.24 bits per heavy atom. The van der Waals surface area contributed by atoms with Crippen LogP contribution in [0.4, 0.5) is 11.6 Å². The summed E-state index contributed by atoms with van der Waals surface area (Å²) < 4.78 is 25.0. The molecule has 7 heterocycles. The first-order valence-electron chi connectivity index (χ1n) is 18.6. The fourth-order valence-corrected chi connectivity index (χ4v) is 6.88. The van der Waals surface area contributed by atoms with Crippen LogP contribution in [0.3, 0.4) is 0 Å². The second-order valence-electron chi connectivity index (χ2n) is 14.1. The lowest BCUT2D eigenvalue weighted by molar-refractivity contribution is -0.0580. The molecule has 3 fully saturated rings. The molecular formula is C34H59N13O8. The maximum Gasteiger partial charge on any atom is 0.168 e. The predicted molar refractivity (Wildman–Crippen MR) is 204 cm³/mol. The number of ether oxygens (including phenoxy) is 4. The summed E-state index contributed by atoms with van der Waals surface area (Å²) in [5.74, 6) is 2.43. The molecule has 0 amide bonds. The Kier molecular flexibility index (Phi) is 13.7. The van der Waals surface area contributed by atoms with Crippen LogP contribution in [-0.4, -0.2) is 163 Å². The molecule has 8 atom stereocenters. The topological polar surface area (TPSA) is 265 Å². The number of methoxy groups -OCH3 is 2. The maximum atomic E-state index is 10.5. The molecule has 0 radical (unpaired) electrons. The highest BCUT2D eigenvalue weighted by Gasteiger charge is 2.45. The zero-order valence-corrected chi connectivity index (χ0v) is 32.1. The third kappa shape index (κ3) is 8.97. The van der Waals surface area contributed by atoms with E-state index in [9.17, 15) is 20.4 Å². The van der Waals surface area contributed by atoms with Crippen molar-refractivity contribution in [3.63, 3.8) is 0 Å². The summed E-state index contributed by atoms with van der Waals surface area (Å²) in [6.45, 7) is 7.50. The van der Waals surface area contributed by atoms with Crippen LogP contribution in [0.5, 0.6) is 0 Å². The van der Waals surface area contributed by atoms with Crippen LogP contribution in [0, 0.1) is 0 Å². The number of hydrogen-bond acceptors (Lipinski definition) is 19. The zero-order valence-electron chi connectivity index (χ0n) is 32.1. The Hall–Kier alpha value is -3.74. The van der Waals surface area contributed by atoms with Crippen LogP contribution in [0.1, 0.15) is 53.6 Å². The molecule has 3 aliphatic heterocycles. The third-order valence-electron chi connectivity index (χ3n) is 9.85. The summed E-state index contributed by atoms with van der Waals surface area (Å²) in [7, 11) is 6.59. The van der Waals surface area contributed by atoms with Crippen molar-refractivity contribution >= 4 is 34.0 Å². The average Bonchev–Trinajstić information content (AvgIpc) is 3.95. The number of nitrogens with one attached hydrogen (secondary N) is 5. The van der Waals surface area contributed by atoms with Crippen molar-refractivity contribution in [1.82, 2.24) is 55.0 Å². The van der Waals surface area contributed by atoms with Gasteiger partial charge in [0.25, 0.3) is 0 Å². The number of piperidine rings is 1. The molecule has 308 valence electrons. The fraction of sp³-hybridized carbons (Fsp3) is 0.706. The summed E-state index contributed by atoms with van der Waals surface area (Å²) in [6, 6.07) is 0.727. The minimum atomic E-state index is -1.11. The molecule has 7 rings (SSSR count). The van der Waals surface area contributed by atoms with E-state index in [1.54, 1.807) is 29.6 Å². The van der Waals surface area contributed by atoms with Gasteiger partial charge in [-0.3, -0.25) is 9.13 Å². The van der Waals surface area contributed by atoms with Crippen molar-refractivity contribution < 1.29 is 42.2 Å². The Morgan fingerprint density at radius 3 is 1.67 bits per heavy atom. The molecule has 0 aliphatic carbocycles. The Labute approximate surface area is 321 Å². The van der Waals surface area contributed by atoms with Crippen molar-refractivity contribution in [2.75, 3.05) is 65.3 Å². The average molecular weight is 778 g/mol. The van der Waals surface area contributed by atoms with E-state index in [1.807, 2.05) is 13.8 Å². The number of aromatic nitrogens is 8. The number of anilines is 2. The van der Waals surface area contributed by atoms with E-state index in [2.05, 4.69) is 56.5 Å². The predicted octanol–water partition coefficient (Wildman–Crippen LogP) is -0.901. The SMILES string of the molecule is CNc1nc(CNC(C)C)nc2c1ncn2[C@@H]1O[C@H](COC)[C@@H](O)[C@H]1O.CNc1nc(CNC2CCNCC2)nc2c1ncn2[C@@H]1O[C@H](COC)[C@@H](O)[C@H]1O.[HH].[HH]. The molecule has 4 aromatic heterocycles. The maximum absolute atomic E-state index is 10.5. The summed E-state index contributed by atoms with van der Waals surface area (Å²) in [5, 5.41) is 57.6. The smallest absolute Gasteiger partial charge is 0.168 e. The van der Waals surface area contributed by atoms with E-state index in [0.29, 0.717) is 70.8 Å². The minimum Gasteiger partial charge on any atom is -0.387 e. The van der Waals surface area contributed by atoms with Gasteiger partial charge in [-0.1, -0.05) is 13.8 Å². The molecule has 3 saturated heterocycles. The lowest BCUT2D eigenvalue weighted by Gasteiger charge is -2.23. The third-order valence-corrected chi connectivity index (χ3v) is 9.85. The standard InChI is InChI=1S/C18H29N7O4.C16H26N6O4.2H2/c1-19-16-13-17(24-12(23-16)7-21-10-3-5-20-6-4-10)25(9-22-13)18-15(27)14(26)11(29-18)8-28-2;1-8(2)18-5-10-20-14(17-3)11-15(21-10)22(7-19-11)16-13(24)12(23)9(26-16)6-25-4;;/h9-11,14-15,18,20-21,26-27H,3-8H2,1-2H3,(H,19,23,24);7-9,12-13,16,18,23-24H,5-6H2,1-4H3,(H,17,20,21);2*1H/t11-,14-,15-,18-;9-,12-,13-,16-;;/m11../s1. The number of fused-ring (bicyclic) bond motifs is 2. The Bertz CT molecular complexity index is 1850. The molecule has 0 aromatic carbocycles. The first kappa shape index (κ1) is 40.9. The quantitative estimate of drug-likeness (QED) is 0.0751. The minimum absolute atomic E-state index is 0. The molecule has 55 heavy (non-hydrogen) atoms. The van der Waals surface area contributed by atoms with Gasteiger partial charge >= 0.3 is 0 Å². The van der Waals surface area contributed by atoms with Crippen molar-refractivity contribution in [3.05, 3.63) is 24.3 Å². The van der Waals surface area contributed by atoms with Crippen LogP contribution < -0.4 is 26.6 Å². The first-order valence-corrected chi connectivity index (χ1v) is 18.6. The van der Waals surface area contributed by atoms with Crippen LogP contribution in [0.25, 0.3) is 22.3 Å². The molecule has 3 aliphatic rings. The van der Waals surface area contributed by atoms with Crippen molar-refractivity contribution in [1.29, 1.82) is 0 Å². The second kappa shape index (κ2) is 18.5. The summed E-state index contributed by atoms with van der Waals surface area (Å²) in [6.07, 6.45) is -1.95. The lowest BCUT2D eigenvalue weighted by Crippen LogP contribution is -2.39. The fourth-order valence-electron chi connectivity index (χ4n) is 6.88. The van der Waals surface area contributed by atoms with Gasteiger partial charge in [-0.05, 0) is 25.9 Å². The molecule has 4 aromatic rings. The van der Waals surface area contributed by atoms with Gasteiger partial charge < -0.3 is 66.0 Å². The van der Waals surface area contributed by atoms with Gasteiger partial charge in [0.05, 0.1) is 39.0 Å². The van der Waals surface area contributed by atoms with Crippen LogP contribution in [0.2, 0.25) is 0 Å². The van der Waals surface area contributed by atoms with Gasteiger partial charge in [0.15, 0.2) is 46.4 Å². The number of aliphatic hydroxyl groups is 4. The second-order valence-corrected chi connectivity index (χ2v) is 14.1. The van der Waals surface area contributed by atoms with Gasteiger partial charge in [-0.2, -0.15) is 0 Å². The van der Waals surface area contributed by atoms with E-state index in [0.717, 1.165) is 25.9 Å². The Morgan fingerprint density at radius 1 is 0.764 bits per heavy atom. The molecular weight excluding hydrogens is 718 g/mol. The highest BCUT2D eigenvalue weighted by molar-refractivity contribution is 5.83. The number of imidazole rings is 2. The highest BCUT2D eigenvalue weighted by atomic mass is 16.6. The van der Waals surface area contributed by atoms with E-state index in [1.165, 1.54) is 20.5 Å². The number of rotatable bonds is 14. The largest absolute Gasteiger partial charge is 0.387 e. The van der Waals surface area contributed by atoms with E-state index >= 15 is 0 Å². The molecule has 9 N–H and O–H groups in total. The van der Waals surface area contributed by atoms with Crippen LogP contribution in [-0.2, 0) is 32.0 Å². The summed E-state index contributed by atoms with van der Waals surface area (Å²) in [5.41, 5.74) is 2.22.